The Morgan fingerprint density at radius 1 is 1.36 bits per heavy atom. The van der Waals surface area contributed by atoms with Crippen LogP contribution in [0.5, 0.6) is 0 Å². The lowest BCUT2D eigenvalue weighted by Gasteiger charge is -2.13. The van der Waals surface area contributed by atoms with Crippen LogP contribution in [0.4, 0.5) is 5.82 Å². The molecular weight excluding hydrogens is 356 g/mol. The van der Waals surface area contributed by atoms with Gasteiger partial charge in [0.1, 0.15) is 5.82 Å². The van der Waals surface area contributed by atoms with Crippen LogP contribution < -0.4 is 16.4 Å². The number of carbonyl (C=O) groups is 1. The Bertz CT molecular complexity index is 932. The number of nitrogens with one attached hydrogen (secondary N) is 2. The van der Waals surface area contributed by atoms with Crippen LogP contribution in [0.15, 0.2) is 36.5 Å². The van der Waals surface area contributed by atoms with E-state index in [9.17, 15) is 4.79 Å². The van der Waals surface area contributed by atoms with Gasteiger partial charge in [-0.25, -0.2) is 4.98 Å². The molecule has 128 valence electrons. The first-order valence-corrected chi connectivity index (χ1v) is 9.27. The van der Waals surface area contributed by atoms with Crippen LogP contribution >= 0.6 is 22.9 Å². The number of amides is 1. The molecule has 5 nitrogen and oxygen atoms in total. The second-order valence-corrected chi connectivity index (χ2v) is 7.57. The predicted molar refractivity (Wildman–Crippen MR) is 103 cm³/mol. The number of aromatic nitrogens is 1. The highest BCUT2D eigenvalue weighted by molar-refractivity contribution is 7.22. The summed E-state index contributed by atoms with van der Waals surface area (Å²) in [6.45, 7) is 1.91. The van der Waals surface area contributed by atoms with Gasteiger partial charge in [0.05, 0.1) is 10.3 Å². The highest BCUT2D eigenvalue weighted by atomic mass is 35.5. The third-order valence-electron chi connectivity index (χ3n) is 4.35. The van der Waals surface area contributed by atoms with Crippen LogP contribution in [0.3, 0.4) is 0 Å². The number of fused-ring (bicyclic) bond motifs is 1. The zero-order valence-electron chi connectivity index (χ0n) is 13.4. The van der Waals surface area contributed by atoms with Crippen molar-refractivity contribution in [1.29, 1.82) is 0 Å². The van der Waals surface area contributed by atoms with E-state index in [1.807, 2.05) is 24.3 Å². The molecule has 0 spiro atoms. The van der Waals surface area contributed by atoms with Crippen LogP contribution in [-0.4, -0.2) is 30.0 Å². The summed E-state index contributed by atoms with van der Waals surface area (Å²) in [5.41, 5.74) is 7.05. The maximum absolute atomic E-state index is 11.8. The van der Waals surface area contributed by atoms with Crippen LogP contribution in [0.2, 0.25) is 5.02 Å². The number of carbonyl (C=O) groups excluding carboxylic acids is 1. The van der Waals surface area contributed by atoms with Gasteiger partial charge in [0, 0.05) is 34.1 Å². The molecule has 4 N–H and O–H groups in total. The minimum Gasteiger partial charge on any atom is -0.366 e. The summed E-state index contributed by atoms with van der Waals surface area (Å²) in [5.74, 6) is 0.334. The van der Waals surface area contributed by atoms with E-state index in [0.717, 1.165) is 45.9 Å². The smallest absolute Gasteiger partial charge is 0.251 e. The van der Waals surface area contributed by atoms with Gasteiger partial charge < -0.3 is 16.4 Å². The number of pyridine rings is 1. The second kappa shape index (κ2) is 6.63. The number of nitrogens with zero attached hydrogens (tertiary/aromatic N) is 1. The van der Waals surface area contributed by atoms with Gasteiger partial charge in [0.25, 0.3) is 5.91 Å². The highest BCUT2D eigenvalue weighted by Crippen LogP contribution is 2.38. The maximum atomic E-state index is 11.8. The largest absolute Gasteiger partial charge is 0.366 e. The molecule has 1 aliphatic heterocycles. The number of hydrogen-bond donors (Lipinski definition) is 3. The molecule has 3 heterocycles. The van der Waals surface area contributed by atoms with Crippen molar-refractivity contribution in [1.82, 2.24) is 10.3 Å². The number of rotatable bonds is 4. The normalized spacial score (nSPS) is 17.1. The van der Waals surface area contributed by atoms with Crippen LogP contribution in [0.25, 0.3) is 20.5 Å². The topological polar surface area (TPSA) is 80.0 Å². The van der Waals surface area contributed by atoms with Gasteiger partial charge in [-0.15, -0.1) is 11.3 Å². The highest BCUT2D eigenvalue weighted by Gasteiger charge is 2.19. The Morgan fingerprint density at radius 3 is 2.84 bits per heavy atom. The summed E-state index contributed by atoms with van der Waals surface area (Å²) in [7, 11) is 0. The molecule has 1 atom stereocenters. The lowest BCUT2D eigenvalue weighted by molar-refractivity contribution is 0.100. The van der Waals surface area contributed by atoms with Crippen molar-refractivity contribution in [3.8, 4) is 10.4 Å². The summed E-state index contributed by atoms with van der Waals surface area (Å²) in [4.78, 5) is 17.3. The lowest BCUT2D eigenvalue weighted by atomic mass is 10.1. The number of nitrogens with two attached hydrogens (primary N) is 1. The quantitative estimate of drug-likeness (QED) is 0.655. The van der Waals surface area contributed by atoms with E-state index < -0.39 is 5.91 Å². The summed E-state index contributed by atoms with van der Waals surface area (Å²) < 4.78 is 0.862. The Balaban J connectivity index is 1.82. The third-order valence-corrected chi connectivity index (χ3v) is 5.82. The molecular formula is C18H17ClN4OS. The van der Waals surface area contributed by atoms with Crippen molar-refractivity contribution in [2.45, 2.75) is 12.5 Å². The van der Waals surface area contributed by atoms with Gasteiger partial charge in [-0.1, -0.05) is 23.7 Å². The van der Waals surface area contributed by atoms with E-state index in [1.54, 1.807) is 17.5 Å². The van der Waals surface area contributed by atoms with E-state index in [-0.39, 0.29) is 0 Å². The molecule has 1 aromatic carbocycles. The molecule has 0 radical (unpaired) electrons. The van der Waals surface area contributed by atoms with Crippen LogP contribution in [0, 0.1) is 0 Å². The Hall–Kier alpha value is -2.15. The molecule has 1 amide bonds. The Morgan fingerprint density at radius 2 is 2.16 bits per heavy atom. The second-order valence-electron chi connectivity index (χ2n) is 6.08. The lowest BCUT2D eigenvalue weighted by Crippen LogP contribution is -2.23. The van der Waals surface area contributed by atoms with Crippen molar-refractivity contribution in [3.63, 3.8) is 0 Å². The SMILES string of the molecule is NC(=O)c1cnc(N[C@H]2CCNC2)c2cc(-c3ccc(Cl)cc3)sc12. The van der Waals surface area contributed by atoms with E-state index >= 15 is 0 Å². The monoisotopic (exact) mass is 372 g/mol. The van der Waals surface area contributed by atoms with Gasteiger partial charge in [-0.2, -0.15) is 0 Å². The third kappa shape index (κ3) is 3.20. The first-order valence-electron chi connectivity index (χ1n) is 8.07. The zero-order valence-corrected chi connectivity index (χ0v) is 15.0. The Labute approximate surface area is 154 Å². The van der Waals surface area contributed by atoms with Crippen molar-refractivity contribution < 1.29 is 4.79 Å². The molecule has 1 fully saturated rings. The molecule has 25 heavy (non-hydrogen) atoms. The number of thiophene rings is 1. The van der Waals surface area contributed by atoms with Gasteiger partial charge in [0.2, 0.25) is 0 Å². The van der Waals surface area contributed by atoms with Crippen molar-refractivity contribution in [2.75, 3.05) is 18.4 Å². The molecule has 7 heteroatoms. The predicted octanol–water partition coefficient (Wildman–Crippen LogP) is 3.49. The molecule has 0 saturated carbocycles. The number of primary amides is 1. The average Bonchev–Trinajstić information content (AvgIpc) is 3.25. The first-order chi connectivity index (χ1) is 12.1. The summed E-state index contributed by atoms with van der Waals surface area (Å²) in [6, 6.07) is 10.1. The minimum atomic E-state index is -0.462. The number of benzene rings is 1. The first kappa shape index (κ1) is 16.3. The maximum Gasteiger partial charge on any atom is 0.251 e. The van der Waals surface area contributed by atoms with Crippen molar-refractivity contribution in [3.05, 3.63) is 47.1 Å². The number of anilines is 1. The zero-order chi connectivity index (χ0) is 17.4. The molecule has 1 aliphatic rings. The fourth-order valence-corrected chi connectivity index (χ4v) is 4.35. The van der Waals surface area contributed by atoms with E-state index in [1.165, 1.54) is 0 Å². The van der Waals surface area contributed by atoms with E-state index in [2.05, 4.69) is 21.7 Å². The molecule has 3 aromatic rings. The average molecular weight is 373 g/mol. The van der Waals surface area contributed by atoms with E-state index in [0.29, 0.717) is 16.6 Å². The standard InChI is InChI=1S/C18H17ClN4OS/c19-11-3-1-10(2-4-11)15-7-13-16(25-15)14(17(20)24)9-22-18(13)23-12-5-6-21-8-12/h1-4,7,9,12,21H,5-6,8H2,(H2,20,24)(H,22,23)/t12-/m0/s1. The minimum absolute atomic E-state index is 0.342. The molecule has 1 saturated heterocycles. The van der Waals surface area contributed by atoms with Crippen LogP contribution in [0.1, 0.15) is 16.8 Å². The van der Waals surface area contributed by atoms with Crippen molar-refractivity contribution >= 4 is 44.7 Å². The number of halogens is 1. The fourth-order valence-electron chi connectivity index (χ4n) is 3.04. The summed E-state index contributed by atoms with van der Waals surface area (Å²) in [5, 5.41) is 8.44. The van der Waals surface area contributed by atoms with Gasteiger partial charge in [-0.3, -0.25) is 4.79 Å². The molecule has 2 aromatic heterocycles. The summed E-state index contributed by atoms with van der Waals surface area (Å²) in [6.07, 6.45) is 2.62. The van der Waals surface area contributed by atoms with Gasteiger partial charge >= 0.3 is 0 Å². The summed E-state index contributed by atoms with van der Waals surface area (Å²) >= 11 is 7.52. The molecule has 0 aliphatic carbocycles. The van der Waals surface area contributed by atoms with Gasteiger partial charge in [-0.05, 0) is 36.7 Å². The van der Waals surface area contributed by atoms with Crippen LogP contribution in [-0.2, 0) is 0 Å². The molecule has 0 unspecified atom stereocenters. The van der Waals surface area contributed by atoms with Crippen molar-refractivity contribution in [2.24, 2.45) is 5.73 Å². The van der Waals surface area contributed by atoms with E-state index in [4.69, 9.17) is 17.3 Å². The molecule has 0 bridgehead atoms. The molecule has 4 rings (SSSR count). The number of hydrogen-bond acceptors (Lipinski definition) is 5. The van der Waals surface area contributed by atoms with Gasteiger partial charge in [0.15, 0.2) is 0 Å². The fraction of sp³-hybridized carbons (Fsp3) is 0.222. The Kier molecular flexibility index (Phi) is 4.33.